The number of hydrogen-bond donors (Lipinski definition) is 0. The van der Waals surface area contributed by atoms with Gasteiger partial charge in [-0.25, -0.2) is 0 Å². The van der Waals surface area contributed by atoms with Gasteiger partial charge in [-0.1, -0.05) is 0 Å². The van der Waals surface area contributed by atoms with Crippen LogP contribution in [0.1, 0.15) is 47.6 Å². The van der Waals surface area contributed by atoms with Gasteiger partial charge in [0, 0.05) is 37.4 Å². The fourth-order valence-electron chi connectivity index (χ4n) is 4.51. The normalized spacial score (nSPS) is 24.2. The van der Waals surface area contributed by atoms with Gasteiger partial charge in [0.05, 0.1) is 0 Å². The van der Waals surface area contributed by atoms with Gasteiger partial charge in [0.1, 0.15) is 5.56 Å². The second kappa shape index (κ2) is 6.50. The maximum absolute atomic E-state index is 13.3. The van der Waals surface area contributed by atoms with Gasteiger partial charge >= 0.3 is 0 Å². The van der Waals surface area contributed by atoms with Crippen molar-refractivity contribution in [2.75, 3.05) is 46.8 Å². The average molecular weight is 358 g/mol. The molecule has 1 aromatic rings. The van der Waals surface area contributed by atoms with Gasteiger partial charge in [-0.05, 0) is 71.4 Å². The topological polar surface area (TPSA) is 48.8 Å². The van der Waals surface area contributed by atoms with E-state index in [4.69, 9.17) is 0 Å². The molecule has 3 fully saturated rings. The summed E-state index contributed by atoms with van der Waals surface area (Å²) in [7, 11) is 4.34. The second-order valence-electron chi connectivity index (χ2n) is 8.49. The summed E-state index contributed by atoms with van der Waals surface area (Å²) in [6.45, 7) is 6.30. The Kier molecular flexibility index (Phi) is 4.43. The Hall–Kier alpha value is -1.66. The first-order chi connectivity index (χ1) is 12.4. The Morgan fingerprint density at radius 2 is 1.81 bits per heavy atom. The summed E-state index contributed by atoms with van der Waals surface area (Å²) in [5.41, 5.74) is 1.13. The molecule has 1 saturated carbocycles. The van der Waals surface area contributed by atoms with E-state index < -0.39 is 0 Å². The van der Waals surface area contributed by atoms with E-state index >= 15 is 0 Å². The molecule has 0 aromatic carbocycles. The molecule has 26 heavy (non-hydrogen) atoms. The molecule has 2 aliphatic heterocycles. The molecular formula is C20H30N4O2. The zero-order valence-corrected chi connectivity index (χ0v) is 16.2. The first kappa shape index (κ1) is 17.7. The van der Waals surface area contributed by atoms with E-state index in [1.54, 1.807) is 4.57 Å². The fourth-order valence-corrected chi connectivity index (χ4v) is 4.51. The van der Waals surface area contributed by atoms with E-state index in [0.29, 0.717) is 18.2 Å². The van der Waals surface area contributed by atoms with Gasteiger partial charge in [-0.3, -0.25) is 14.5 Å². The number of aryl methyl sites for hydroxylation is 1. The van der Waals surface area contributed by atoms with Crippen molar-refractivity contribution in [3.63, 3.8) is 0 Å². The minimum atomic E-state index is -0.103. The minimum Gasteiger partial charge on any atom is -0.335 e. The van der Waals surface area contributed by atoms with Crippen molar-refractivity contribution >= 4 is 5.91 Å². The van der Waals surface area contributed by atoms with Crippen LogP contribution in [0.25, 0.3) is 0 Å². The van der Waals surface area contributed by atoms with Crippen LogP contribution in [0.3, 0.4) is 0 Å². The van der Waals surface area contributed by atoms with Crippen LogP contribution in [0.15, 0.2) is 17.1 Å². The third kappa shape index (κ3) is 2.99. The van der Waals surface area contributed by atoms with Gasteiger partial charge in [-0.2, -0.15) is 0 Å². The number of piperazine rings is 1. The lowest BCUT2D eigenvalue weighted by Crippen LogP contribution is -2.65. The molecule has 6 heteroatoms. The lowest BCUT2D eigenvalue weighted by molar-refractivity contribution is -0.0171. The number of piperidine rings is 1. The number of pyridine rings is 1. The summed E-state index contributed by atoms with van der Waals surface area (Å²) >= 11 is 0. The summed E-state index contributed by atoms with van der Waals surface area (Å²) < 4.78 is 1.77. The lowest BCUT2D eigenvalue weighted by atomic mass is 9.83. The van der Waals surface area contributed by atoms with Crippen LogP contribution in [-0.4, -0.2) is 77.5 Å². The van der Waals surface area contributed by atoms with E-state index in [2.05, 4.69) is 23.9 Å². The molecule has 0 radical (unpaired) electrons. The van der Waals surface area contributed by atoms with Crippen molar-refractivity contribution in [3.05, 3.63) is 33.7 Å². The zero-order valence-electron chi connectivity index (χ0n) is 16.2. The predicted molar refractivity (Wildman–Crippen MR) is 102 cm³/mol. The van der Waals surface area contributed by atoms with Gasteiger partial charge in [0.2, 0.25) is 0 Å². The highest BCUT2D eigenvalue weighted by atomic mass is 16.2. The van der Waals surface area contributed by atoms with Gasteiger partial charge in [-0.15, -0.1) is 0 Å². The van der Waals surface area contributed by atoms with Crippen LogP contribution < -0.4 is 5.56 Å². The molecule has 0 unspecified atom stereocenters. The zero-order chi connectivity index (χ0) is 18.5. The summed E-state index contributed by atoms with van der Waals surface area (Å²) in [5.74, 6) is -0.0751. The number of nitrogens with zero attached hydrogens (tertiary/aromatic N) is 4. The van der Waals surface area contributed by atoms with Gasteiger partial charge in [0.25, 0.3) is 11.5 Å². The Labute approximate surface area is 155 Å². The molecule has 2 saturated heterocycles. The molecule has 6 nitrogen and oxygen atoms in total. The molecule has 0 N–H and O–H groups in total. The van der Waals surface area contributed by atoms with Gasteiger partial charge in [0.15, 0.2) is 0 Å². The Morgan fingerprint density at radius 3 is 2.46 bits per heavy atom. The van der Waals surface area contributed by atoms with E-state index in [1.165, 1.54) is 0 Å². The van der Waals surface area contributed by atoms with Crippen molar-refractivity contribution in [2.45, 2.75) is 44.2 Å². The minimum absolute atomic E-state index is 0.0542. The lowest BCUT2D eigenvalue weighted by Gasteiger charge is -2.52. The molecule has 1 aliphatic carbocycles. The quantitative estimate of drug-likeness (QED) is 0.801. The summed E-state index contributed by atoms with van der Waals surface area (Å²) in [4.78, 5) is 33.0. The third-order valence-corrected chi connectivity index (χ3v) is 6.69. The standard InChI is InChI=1S/C20H30N4O2/c1-15-6-9-24(16-4-5-16)19(26)17(15)18(25)23-13-12-22(3)20(14-23)7-10-21(2)11-8-20/h6,9,16H,4-5,7-8,10-14H2,1-3H3. The van der Waals surface area contributed by atoms with Crippen molar-refractivity contribution < 1.29 is 4.79 Å². The predicted octanol–water partition coefficient (Wildman–Crippen LogP) is 1.34. The summed E-state index contributed by atoms with van der Waals surface area (Å²) in [6, 6.07) is 2.22. The van der Waals surface area contributed by atoms with E-state index in [0.717, 1.165) is 57.4 Å². The monoisotopic (exact) mass is 358 g/mol. The van der Waals surface area contributed by atoms with E-state index in [9.17, 15) is 9.59 Å². The van der Waals surface area contributed by atoms with Crippen LogP contribution in [0.2, 0.25) is 0 Å². The largest absolute Gasteiger partial charge is 0.335 e. The number of aromatic nitrogens is 1. The molecule has 0 atom stereocenters. The number of likely N-dealkylation sites (tertiary alicyclic amines) is 1. The van der Waals surface area contributed by atoms with Crippen molar-refractivity contribution in [1.82, 2.24) is 19.3 Å². The number of hydrogen-bond acceptors (Lipinski definition) is 4. The van der Waals surface area contributed by atoms with Crippen molar-refractivity contribution in [3.8, 4) is 0 Å². The highest BCUT2D eigenvalue weighted by Gasteiger charge is 2.43. The molecule has 1 aromatic heterocycles. The van der Waals surface area contributed by atoms with Crippen molar-refractivity contribution in [1.29, 1.82) is 0 Å². The molecule has 0 bridgehead atoms. The maximum atomic E-state index is 13.3. The van der Waals surface area contributed by atoms with E-state index in [1.807, 2.05) is 24.1 Å². The molecule has 4 rings (SSSR count). The molecular weight excluding hydrogens is 328 g/mol. The van der Waals surface area contributed by atoms with Gasteiger partial charge < -0.3 is 14.4 Å². The number of likely N-dealkylation sites (N-methyl/N-ethyl adjacent to an activating group) is 1. The SMILES string of the molecule is Cc1ccn(C2CC2)c(=O)c1C(=O)N1CCN(C)C2(CCN(C)CC2)C1. The van der Waals surface area contributed by atoms with Crippen LogP contribution >= 0.6 is 0 Å². The first-order valence-corrected chi connectivity index (χ1v) is 9.82. The van der Waals surface area contributed by atoms with Crippen molar-refractivity contribution in [2.24, 2.45) is 0 Å². The van der Waals surface area contributed by atoms with Crippen LogP contribution in [0, 0.1) is 6.92 Å². The number of carbonyl (C=O) groups excluding carboxylic acids is 1. The molecule has 1 amide bonds. The van der Waals surface area contributed by atoms with E-state index in [-0.39, 0.29) is 17.0 Å². The second-order valence-corrected chi connectivity index (χ2v) is 8.49. The maximum Gasteiger partial charge on any atom is 0.263 e. The highest BCUT2D eigenvalue weighted by Crippen LogP contribution is 2.34. The molecule has 1 spiro atoms. The Balaban J connectivity index is 1.61. The summed E-state index contributed by atoms with van der Waals surface area (Å²) in [5, 5.41) is 0. The van der Waals surface area contributed by atoms with Crippen LogP contribution in [0.5, 0.6) is 0 Å². The summed E-state index contributed by atoms with van der Waals surface area (Å²) in [6.07, 6.45) is 6.09. The molecule has 142 valence electrons. The highest BCUT2D eigenvalue weighted by molar-refractivity contribution is 5.95. The Morgan fingerprint density at radius 1 is 1.12 bits per heavy atom. The van der Waals surface area contributed by atoms with Crippen LogP contribution in [-0.2, 0) is 0 Å². The number of rotatable bonds is 2. The third-order valence-electron chi connectivity index (χ3n) is 6.69. The molecule has 3 aliphatic rings. The first-order valence-electron chi connectivity index (χ1n) is 9.82. The molecule has 3 heterocycles. The fraction of sp³-hybridized carbons (Fsp3) is 0.700. The number of carbonyl (C=O) groups is 1. The average Bonchev–Trinajstić information content (AvgIpc) is 3.45. The Bertz CT molecular complexity index is 760. The number of amides is 1. The van der Waals surface area contributed by atoms with Crippen LogP contribution in [0.4, 0.5) is 0 Å². The smallest absolute Gasteiger partial charge is 0.263 e.